The minimum atomic E-state index is 0.351. The first-order chi connectivity index (χ1) is 7.52. The van der Waals surface area contributed by atoms with Crippen molar-refractivity contribution in [2.75, 3.05) is 7.11 Å². The quantitative estimate of drug-likeness (QED) is 0.783. The van der Waals surface area contributed by atoms with Gasteiger partial charge in [0, 0.05) is 13.2 Å². The van der Waals surface area contributed by atoms with Crippen LogP contribution in [0.5, 0.6) is 0 Å². The molecule has 16 heavy (non-hydrogen) atoms. The van der Waals surface area contributed by atoms with Gasteiger partial charge in [-0.3, -0.25) is 0 Å². The standard InChI is InChI=1S/C14H29NO/c1-10-7-11(2)9-13(8-10)14(15)6-5-12(3)16-4/h10-14H,5-9,15H2,1-4H3. The topological polar surface area (TPSA) is 35.2 Å². The van der Waals surface area contributed by atoms with E-state index >= 15 is 0 Å². The third kappa shape index (κ3) is 4.42. The highest BCUT2D eigenvalue weighted by Crippen LogP contribution is 2.35. The van der Waals surface area contributed by atoms with Crippen molar-refractivity contribution in [1.29, 1.82) is 0 Å². The highest BCUT2D eigenvalue weighted by Gasteiger charge is 2.28. The van der Waals surface area contributed by atoms with Gasteiger partial charge in [0.05, 0.1) is 6.10 Å². The predicted octanol–water partition coefficient (Wildman–Crippen LogP) is 3.20. The monoisotopic (exact) mass is 227 g/mol. The fourth-order valence-corrected chi connectivity index (χ4v) is 3.14. The molecule has 1 aliphatic carbocycles. The molecule has 2 nitrogen and oxygen atoms in total. The lowest BCUT2D eigenvalue weighted by Crippen LogP contribution is -2.36. The molecule has 0 aliphatic heterocycles. The van der Waals surface area contributed by atoms with E-state index in [1.807, 2.05) is 0 Å². The number of nitrogens with two attached hydrogens (primary N) is 1. The van der Waals surface area contributed by atoms with Gasteiger partial charge in [0.25, 0.3) is 0 Å². The molecule has 0 bridgehead atoms. The van der Waals surface area contributed by atoms with Crippen LogP contribution in [0.4, 0.5) is 0 Å². The Balaban J connectivity index is 2.32. The van der Waals surface area contributed by atoms with Crippen molar-refractivity contribution >= 4 is 0 Å². The largest absolute Gasteiger partial charge is 0.382 e. The molecule has 1 fully saturated rings. The normalized spacial score (nSPS) is 34.7. The maximum atomic E-state index is 6.32. The number of ether oxygens (including phenoxy) is 1. The Morgan fingerprint density at radius 2 is 1.69 bits per heavy atom. The van der Waals surface area contributed by atoms with E-state index in [0.29, 0.717) is 12.1 Å². The summed E-state index contributed by atoms with van der Waals surface area (Å²) in [7, 11) is 1.78. The molecule has 0 aromatic heterocycles. The Labute approximate surface area is 101 Å². The van der Waals surface area contributed by atoms with Crippen molar-refractivity contribution in [3.63, 3.8) is 0 Å². The molecule has 2 N–H and O–H groups in total. The Morgan fingerprint density at radius 1 is 1.12 bits per heavy atom. The van der Waals surface area contributed by atoms with E-state index in [9.17, 15) is 0 Å². The van der Waals surface area contributed by atoms with Crippen LogP contribution in [-0.2, 0) is 4.74 Å². The highest BCUT2D eigenvalue weighted by molar-refractivity contribution is 4.82. The van der Waals surface area contributed by atoms with E-state index in [0.717, 1.165) is 30.6 Å². The van der Waals surface area contributed by atoms with Crippen molar-refractivity contribution in [1.82, 2.24) is 0 Å². The van der Waals surface area contributed by atoms with Gasteiger partial charge < -0.3 is 10.5 Å². The lowest BCUT2D eigenvalue weighted by Gasteiger charge is -2.35. The van der Waals surface area contributed by atoms with Crippen LogP contribution in [0.25, 0.3) is 0 Å². The molecule has 4 atom stereocenters. The van der Waals surface area contributed by atoms with Gasteiger partial charge in [-0.15, -0.1) is 0 Å². The van der Waals surface area contributed by atoms with Crippen molar-refractivity contribution in [2.24, 2.45) is 23.5 Å². The summed E-state index contributed by atoms with van der Waals surface area (Å²) in [5, 5.41) is 0. The number of hydrogen-bond acceptors (Lipinski definition) is 2. The zero-order chi connectivity index (χ0) is 12.1. The molecule has 0 aromatic rings. The number of rotatable bonds is 5. The average Bonchev–Trinajstić information content (AvgIpc) is 2.23. The molecule has 0 spiro atoms. The highest BCUT2D eigenvalue weighted by atomic mass is 16.5. The SMILES string of the molecule is COC(C)CCC(N)C1CC(C)CC(C)C1. The van der Waals surface area contributed by atoms with Crippen LogP contribution in [-0.4, -0.2) is 19.3 Å². The van der Waals surface area contributed by atoms with E-state index in [2.05, 4.69) is 20.8 Å². The molecule has 1 rings (SSSR count). The third-order valence-corrected chi connectivity index (χ3v) is 4.13. The Morgan fingerprint density at radius 3 is 2.19 bits per heavy atom. The van der Waals surface area contributed by atoms with Gasteiger partial charge in [-0.2, -0.15) is 0 Å². The molecule has 4 unspecified atom stereocenters. The van der Waals surface area contributed by atoms with Crippen LogP contribution < -0.4 is 5.73 Å². The van der Waals surface area contributed by atoms with Gasteiger partial charge in [0.2, 0.25) is 0 Å². The van der Waals surface area contributed by atoms with Gasteiger partial charge in [0.15, 0.2) is 0 Å². The summed E-state index contributed by atoms with van der Waals surface area (Å²) in [4.78, 5) is 0. The van der Waals surface area contributed by atoms with Crippen LogP contribution in [0.1, 0.15) is 52.9 Å². The first kappa shape index (κ1) is 14.0. The fraction of sp³-hybridized carbons (Fsp3) is 1.00. The molecule has 0 aromatic carbocycles. The van der Waals surface area contributed by atoms with E-state index < -0.39 is 0 Å². The summed E-state index contributed by atoms with van der Waals surface area (Å²) in [6.07, 6.45) is 6.59. The van der Waals surface area contributed by atoms with Crippen LogP contribution in [0.3, 0.4) is 0 Å². The van der Waals surface area contributed by atoms with Crippen LogP contribution >= 0.6 is 0 Å². The predicted molar refractivity (Wildman–Crippen MR) is 69.3 cm³/mol. The van der Waals surface area contributed by atoms with Crippen molar-refractivity contribution in [3.05, 3.63) is 0 Å². The summed E-state index contributed by atoms with van der Waals surface area (Å²) < 4.78 is 5.27. The maximum Gasteiger partial charge on any atom is 0.0543 e. The van der Waals surface area contributed by atoms with Crippen LogP contribution in [0.2, 0.25) is 0 Å². The second-order valence-electron chi connectivity index (χ2n) is 5.97. The van der Waals surface area contributed by atoms with Crippen LogP contribution in [0.15, 0.2) is 0 Å². The van der Waals surface area contributed by atoms with E-state index in [1.165, 1.54) is 19.3 Å². The fourth-order valence-electron chi connectivity index (χ4n) is 3.14. The van der Waals surface area contributed by atoms with Gasteiger partial charge in [-0.05, 0) is 56.8 Å². The van der Waals surface area contributed by atoms with Crippen molar-refractivity contribution in [3.8, 4) is 0 Å². The molecule has 0 radical (unpaired) electrons. The molecule has 0 amide bonds. The molecule has 1 saturated carbocycles. The second-order valence-corrected chi connectivity index (χ2v) is 5.97. The van der Waals surface area contributed by atoms with Crippen molar-refractivity contribution < 1.29 is 4.74 Å². The summed E-state index contributed by atoms with van der Waals surface area (Å²) in [5.41, 5.74) is 6.32. The van der Waals surface area contributed by atoms with E-state index in [-0.39, 0.29) is 0 Å². The third-order valence-electron chi connectivity index (χ3n) is 4.13. The smallest absolute Gasteiger partial charge is 0.0543 e. The zero-order valence-electron chi connectivity index (χ0n) is 11.4. The molecule has 96 valence electrons. The maximum absolute atomic E-state index is 6.32. The molecule has 2 heteroatoms. The minimum absolute atomic E-state index is 0.351. The van der Waals surface area contributed by atoms with E-state index in [1.54, 1.807) is 7.11 Å². The summed E-state index contributed by atoms with van der Waals surface area (Å²) in [5.74, 6) is 2.46. The molecule has 0 heterocycles. The lowest BCUT2D eigenvalue weighted by atomic mass is 9.73. The van der Waals surface area contributed by atoms with Crippen LogP contribution in [0, 0.1) is 17.8 Å². The summed E-state index contributed by atoms with van der Waals surface area (Å²) in [6, 6.07) is 0.378. The molecular weight excluding hydrogens is 198 g/mol. The van der Waals surface area contributed by atoms with E-state index in [4.69, 9.17) is 10.5 Å². The molecule has 1 aliphatic rings. The summed E-state index contributed by atoms with van der Waals surface area (Å²) >= 11 is 0. The summed E-state index contributed by atoms with van der Waals surface area (Å²) in [6.45, 7) is 6.86. The van der Waals surface area contributed by atoms with Gasteiger partial charge in [-0.25, -0.2) is 0 Å². The first-order valence-electron chi connectivity index (χ1n) is 6.81. The Hall–Kier alpha value is -0.0800. The molecule has 0 saturated heterocycles. The molecular formula is C14H29NO. The Bertz CT molecular complexity index is 185. The average molecular weight is 227 g/mol. The minimum Gasteiger partial charge on any atom is -0.382 e. The zero-order valence-corrected chi connectivity index (χ0v) is 11.4. The Kier molecular flexibility index (Phi) is 5.77. The number of methoxy groups -OCH3 is 1. The number of hydrogen-bond donors (Lipinski definition) is 1. The van der Waals surface area contributed by atoms with Gasteiger partial charge >= 0.3 is 0 Å². The lowest BCUT2D eigenvalue weighted by molar-refractivity contribution is 0.101. The van der Waals surface area contributed by atoms with Crippen molar-refractivity contribution in [2.45, 2.75) is 65.0 Å². The van der Waals surface area contributed by atoms with Gasteiger partial charge in [-0.1, -0.05) is 13.8 Å². The first-order valence-corrected chi connectivity index (χ1v) is 6.81. The van der Waals surface area contributed by atoms with Gasteiger partial charge in [0.1, 0.15) is 0 Å². The second kappa shape index (κ2) is 6.61.